The predicted octanol–water partition coefficient (Wildman–Crippen LogP) is 4.07. The van der Waals surface area contributed by atoms with Crippen molar-refractivity contribution in [1.82, 2.24) is 0 Å². The van der Waals surface area contributed by atoms with Gasteiger partial charge < -0.3 is 4.79 Å². The summed E-state index contributed by atoms with van der Waals surface area (Å²) < 4.78 is 0. The van der Waals surface area contributed by atoms with Crippen molar-refractivity contribution in [2.45, 2.75) is 41.0 Å². The van der Waals surface area contributed by atoms with Gasteiger partial charge in [-0.1, -0.05) is 37.3 Å². The highest BCUT2D eigenvalue weighted by Crippen LogP contribution is 2.07. The molecule has 1 nitrogen and oxygen atoms in total. The van der Waals surface area contributed by atoms with E-state index in [1.54, 1.807) is 6.92 Å². The Kier molecular flexibility index (Phi) is 9.31. The van der Waals surface area contributed by atoms with Gasteiger partial charge in [-0.05, 0) is 33.3 Å². The fourth-order valence-corrected chi connectivity index (χ4v) is 0.493. The number of carbonyl (C=O) groups excluding carboxylic acids is 1. The van der Waals surface area contributed by atoms with Crippen LogP contribution in [0, 0.1) is 0 Å². The molecule has 0 saturated heterocycles. The van der Waals surface area contributed by atoms with E-state index in [2.05, 4.69) is 13.2 Å². The Hall–Kier alpha value is -1.11. The highest BCUT2D eigenvalue weighted by molar-refractivity contribution is 5.74. The van der Waals surface area contributed by atoms with E-state index in [9.17, 15) is 4.79 Å². The van der Waals surface area contributed by atoms with Crippen LogP contribution in [0.4, 0.5) is 0 Å². The summed E-state index contributed by atoms with van der Waals surface area (Å²) in [7, 11) is 0. The minimum atomic E-state index is 0.255. The molecule has 0 heterocycles. The number of Topliss-reactive ketones (excluding diaryl/α,β-unsaturated/α-hetero) is 1. The van der Waals surface area contributed by atoms with E-state index in [4.69, 9.17) is 0 Å². The predicted molar refractivity (Wildman–Crippen MR) is 64.4 cm³/mol. The Morgan fingerprint density at radius 2 is 1.50 bits per heavy atom. The molecule has 0 radical (unpaired) electrons. The molecule has 0 aliphatic carbocycles. The van der Waals surface area contributed by atoms with Gasteiger partial charge in [-0.15, -0.1) is 0 Å². The summed E-state index contributed by atoms with van der Waals surface area (Å²) in [6.45, 7) is 17.0. The number of allylic oxidation sites excluding steroid dienone is 4. The summed E-state index contributed by atoms with van der Waals surface area (Å²) in [4.78, 5) is 9.81. The van der Waals surface area contributed by atoms with Gasteiger partial charge in [-0.3, -0.25) is 0 Å². The van der Waals surface area contributed by atoms with Crippen LogP contribution < -0.4 is 0 Å². The zero-order chi connectivity index (χ0) is 11.7. The fraction of sp³-hybridized carbons (Fsp3) is 0.462. The number of carbonyl (C=O) groups is 1. The van der Waals surface area contributed by atoms with Gasteiger partial charge in [-0.25, -0.2) is 0 Å². The minimum Gasteiger partial charge on any atom is -0.300 e. The van der Waals surface area contributed by atoms with E-state index in [0.29, 0.717) is 6.42 Å². The van der Waals surface area contributed by atoms with Crippen molar-refractivity contribution in [3.63, 3.8) is 0 Å². The van der Waals surface area contributed by atoms with E-state index in [0.717, 1.165) is 11.1 Å². The molecule has 80 valence electrons. The maximum atomic E-state index is 9.81. The minimum absolute atomic E-state index is 0.255. The molecule has 0 rings (SSSR count). The molecule has 0 aromatic heterocycles. The Morgan fingerprint density at radius 1 is 1.14 bits per heavy atom. The Morgan fingerprint density at radius 3 is 1.57 bits per heavy atom. The maximum absolute atomic E-state index is 9.81. The molecule has 0 fully saturated rings. The molecular weight excluding hydrogens is 172 g/mol. The van der Waals surface area contributed by atoms with E-state index < -0.39 is 0 Å². The summed E-state index contributed by atoms with van der Waals surface area (Å²) in [6, 6.07) is 0. The van der Waals surface area contributed by atoms with E-state index in [1.807, 2.05) is 33.8 Å². The Bertz CT molecular complexity index is 244. The lowest BCUT2D eigenvalue weighted by atomic mass is 10.1. The van der Waals surface area contributed by atoms with Crippen LogP contribution in [0.25, 0.3) is 0 Å². The summed E-state index contributed by atoms with van der Waals surface area (Å²) in [5.41, 5.74) is 3.40. The first kappa shape index (κ1) is 15.4. The zero-order valence-corrected chi connectivity index (χ0v) is 10.1. The summed E-state index contributed by atoms with van der Waals surface area (Å²) in [5.74, 6) is 0.255. The highest BCUT2D eigenvalue weighted by atomic mass is 16.1. The lowest BCUT2D eigenvalue weighted by molar-refractivity contribution is -0.116. The van der Waals surface area contributed by atoms with Gasteiger partial charge in [0.15, 0.2) is 0 Å². The van der Waals surface area contributed by atoms with Crippen LogP contribution in [-0.4, -0.2) is 5.78 Å². The quantitative estimate of drug-likeness (QED) is 0.619. The zero-order valence-electron chi connectivity index (χ0n) is 10.1. The molecule has 0 atom stereocenters. The first-order valence-corrected chi connectivity index (χ1v) is 4.80. The van der Waals surface area contributed by atoms with Gasteiger partial charge in [0.1, 0.15) is 5.78 Å². The van der Waals surface area contributed by atoms with Crippen LogP contribution in [0.15, 0.2) is 36.0 Å². The normalized spacial score (nSPS) is 9.93. The molecule has 0 spiro atoms. The van der Waals surface area contributed by atoms with Crippen molar-refractivity contribution in [3.8, 4) is 0 Å². The molecule has 0 N–H and O–H groups in total. The average Bonchev–Trinajstić information content (AvgIpc) is 2.04. The van der Waals surface area contributed by atoms with Gasteiger partial charge in [-0.2, -0.15) is 0 Å². The Balaban J connectivity index is 0. The number of rotatable bonds is 3. The molecular formula is C13H22O. The molecule has 0 bridgehead atoms. The van der Waals surface area contributed by atoms with Crippen molar-refractivity contribution >= 4 is 5.78 Å². The second-order valence-electron chi connectivity index (χ2n) is 3.51. The summed E-state index contributed by atoms with van der Waals surface area (Å²) in [5, 5.41) is 0. The topological polar surface area (TPSA) is 17.1 Å². The lowest BCUT2D eigenvalue weighted by Gasteiger charge is -1.96. The number of hydrogen-bond acceptors (Lipinski definition) is 1. The monoisotopic (exact) mass is 194 g/mol. The van der Waals surface area contributed by atoms with Crippen molar-refractivity contribution in [3.05, 3.63) is 36.0 Å². The second-order valence-corrected chi connectivity index (χ2v) is 3.51. The van der Waals surface area contributed by atoms with E-state index >= 15 is 0 Å². The second kappa shape index (κ2) is 8.49. The smallest absolute Gasteiger partial charge is 0.129 e. The van der Waals surface area contributed by atoms with Crippen molar-refractivity contribution in [2.24, 2.45) is 0 Å². The molecule has 0 amide bonds. The van der Waals surface area contributed by atoms with Crippen LogP contribution in [0.2, 0.25) is 0 Å². The fourth-order valence-electron chi connectivity index (χ4n) is 0.493. The third kappa shape index (κ3) is 13.5. The first-order valence-electron chi connectivity index (χ1n) is 4.80. The summed E-state index contributed by atoms with van der Waals surface area (Å²) >= 11 is 0. The first-order chi connectivity index (χ1) is 6.31. The van der Waals surface area contributed by atoms with Crippen molar-refractivity contribution < 1.29 is 4.79 Å². The standard InChI is InChI=1S/C9H14.C4H8O/c1-7(2)6-9(5)8(3)4;1-3-4(2)5/h6H,1,3H2,2,4-5H3;3H2,1-2H3/b9-6-;. The third-order valence-electron chi connectivity index (χ3n) is 1.63. The average molecular weight is 194 g/mol. The molecule has 0 aromatic carbocycles. The van der Waals surface area contributed by atoms with Gasteiger partial charge in [0.05, 0.1) is 0 Å². The van der Waals surface area contributed by atoms with Crippen LogP contribution in [-0.2, 0) is 4.79 Å². The SMILES string of the molecule is C=C(C)/C=C(/C)C(=C)C.CCC(C)=O. The number of hydrogen-bond donors (Lipinski definition) is 0. The van der Waals surface area contributed by atoms with Gasteiger partial charge in [0, 0.05) is 6.42 Å². The number of ketones is 1. The van der Waals surface area contributed by atoms with Crippen LogP contribution in [0.1, 0.15) is 41.0 Å². The summed E-state index contributed by atoms with van der Waals surface area (Å²) in [6.07, 6.45) is 2.70. The third-order valence-corrected chi connectivity index (χ3v) is 1.63. The van der Waals surface area contributed by atoms with Gasteiger partial charge >= 0.3 is 0 Å². The molecule has 14 heavy (non-hydrogen) atoms. The lowest BCUT2D eigenvalue weighted by Crippen LogP contribution is -1.80. The van der Waals surface area contributed by atoms with Gasteiger partial charge in [0.25, 0.3) is 0 Å². The largest absolute Gasteiger partial charge is 0.300 e. The molecule has 0 saturated carbocycles. The van der Waals surface area contributed by atoms with Crippen LogP contribution in [0.3, 0.4) is 0 Å². The Labute approximate surface area is 88.2 Å². The van der Waals surface area contributed by atoms with Crippen LogP contribution >= 0.6 is 0 Å². The van der Waals surface area contributed by atoms with E-state index in [-0.39, 0.29) is 5.78 Å². The maximum Gasteiger partial charge on any atom is 0.129 e. The molecule has 0 aliphatic rings. The van der Waals surface area contributed by atoms with Crippen molar-refractivity contribution in [1.29, 1.82) is 0 Å². The molecule has 0 aromatic rings. The molecule has 1 heteroatoms. The van der Waals surface area contributed by atoms with Crippen molar-refractivity contribution in [2.75, 3.05) is 0 Å². The molecule has 0 unspecified atom stereocenters. The highest BCUT2D eigenvalue weighted by Gasteiger charge is 1.86. The van der Waals surface area contributed by atoms with Crippen LogP contribution in [0.5, 0.6) is 0 Å². The molecule has 0 aliphatic heterocycles. The van der Waals surface area contributed by atoms with Gasteiger partial charge in [0.2, 0.25) is 0 Å². The van der Waals surface area contributed by atoms with E-state index in [1.165, 1.54) is 5.57 Å².